The van der Waals surface area contributed by atoms with E-state index in [0.29, 0.717) is 11.5 Å². The van der Waals surface area contributed by atoms with Gasteiger partial charge in [0.1, 0.15) is 22.9 Å². The number of benzene rings is 2. The normalized spacial score (nSPS) is 10.8. The molecular weight excluding hydrogens is 318 g/mol. The van der Waals surface area contributed by atoms with Crippen molar-refractivity contribution in [1.29, 1.82) is 0 Å². The van der Waals surface area contributed by atoms with Crippen molar-refractivity contribution >= 4 is 17.1 Å². The van der Waals surface area contributed by atoms with Crippen LogP contribution < -0.4 is 9.47 Å². The zero-order valence-electron chi connectivity index (χ0n) is 13.0. The number of nitro benzene ring substituents is 1. The van der Waals surface area contributed by atoms with E-state index < -0.39 is 11.5 Å². The number of hydrogen-bond acceptors (Lipinski definition) is 8. The molecule has 2 aromatic carbocycles. The number of methoxy groups -OCH3 is 2. The Labute approximate surface area is 136 Å². The van der Waals surface area contributed by atoms with Gasteiger partial charge in [0.15, 0.2) is 5.69 Å². The summed E-state index contributed by atoms with van der Waals surface area (Å²) in [4.78, 5) is 10.5. The van der Waals surface area contributed by atoms with Crippen molar-refractivity contribution in [1.82, 2.24) is 0 Å². The summed E-state index contributed by atoms with van der Waals surface area (Å²) < 4.78 is 9.99. The molecule has 0 aliphatic heterocycles. The first-order valence-electron chi connectivity index (χ1n) is 6.75. The number of azo groups is 1. The lowest BCUT2D eigenvalue weighted by Gasteiger charge is -2.07. The van der Waals surface area contributed by atoms with Crippen molar-refractivity contribution in [3.8, 4) is 17.2 Å². The van der Waals surface area contributed by atoms with Gasteiger partial charge in [0, 0.05) is 11.6 Å². The molecule has 0 atom stereocenters. The van der Waals surface area contributed by atoms with E-state index in [0.717, 1.165) is 0 Å². The van der Waals surface area contributed by atoms with Crippen LogP contribution in [0.15, 0.2) is 40.6 Å². The molecule has 0 saturated heterocycles. The van der Waals surface area contributed by atoms with Crippen molar-refractivity contribution in [2.75, 3.05) is 14.2 Å². The van der Waals surface area contributed by atoms with E-state index >= 15 is 0 Å². The van der Waals surface area contributed by atoms with Crippen LogP contribution in [0, 0.1) is 10.1 Å². The molecule has 24 heavy (non-hydrogen) atoms. The summed E-state index contributed by atoms with van der Waals surface area (Å²) in [6.45, 7) is -0.422. The van der Waals surface area contributed by atoms with Crippen LogP contribution in [-0.4, -0.2) is 29.4 Å². The van der Waals surface area contributed by atoms with Crippen molar-refractivity contribution < 1.29 is 24.6 Å². The molecule has 0 amide bonds. The Morgan fingerprint density at radius 3 is 2.33 bits per heavy atom. The Kier molecular flexibility index (Phi) is 5.27. The predicted octanol–water partition coefficient (Wildman–Crippen LogP) is 3.23. The number of aromatic hydroxyl groups is 1. The highest BCUT2D eigenvalue weighted by molar-refractivity contribution is 5.62. The fourth-order valence-corrected chi connectivity index (χ4v) is 1.93. The van der Waals surface area contributed by atoms with E-state index in [9.17, 15) is 20.3 Å². The maximum atomic E-state index is 11.1. The monoisotopic (exact) mass is 333 g/mol. The molecule has 0 aliphatic carbocycles. The molecule has 0 aliphatic rings. The molecule has 126 valence electrons. The van der Waals surface area contributed by atoms with Gasteiger partial charge in [0.05, 0.1) is 31.8 Å². The standard InChI is InChI=1S/C15H15N3O6/c1-23-10-3-4-12(14(7-10)18(21)22)16-17-13-6-11(24-2)5-9(8-19)15(13)20/h3-7,19-20H,8H2,1-2H3/b17-16+. The first-order valence-corrected chi connectivity index (χ1v) is 6.75. The third kappa shape index (κ3) is 3.58. The molecule has 0 unspecified atom stereocenters. The van der Waals surface area contributed by atoms with E-state index in [1.54, 1.807) is 0 Å². The smallest absolute Gasteiger partial charge is 0.300 e. The van der Waals surface area contributed by atoms with Gasteiger partial charge in [0.25, 0.3) is 5.69 Å². The maximum absolute atomic E-state index is 11.1. The van der Waals surface area contributed by atoms with Gasteiger partial charge in [-0.2, -0.15) is 0 Å². The second-order valence-corrected chi connectivity index (χ2v) is 4.62. The fraction of sp³-hybridized carbons (Fsp3) is 0.200. The molecule has 2 aromatic rings. The van der Waals surface area contributed by atoms with Gasteiger partial charge in [-0.3, -0.25) is 10.1 Å². The molecule has 9 heteroatoms. The average Bonchev–Trinajstić information content (AvgIpc) is 2.60. The first kappa shape index (κ1) is 17.2. The van der Waals surface area contributed by atoms with E-state index in [1.807, 2.05) is 0 Å². The van der Waals surface area contributed by atoms with E-state index in [-0.39, 0.29) is 28.4 Å². The van der Waals surface area contributed by atoms with Crippen LogP contribution in [-0.2, 0) is 6.61 Å². The molecule has 9 nitrogen and oxygen atoms in total. The van der Waals surface area contributed by atoms with E-state index in [4.69, 9.17) is 9.47 Å². The summed E-state index contributed by atoms with van der Waals surface area (Å²) in [6, 6.07) is 6.95. The van der Waals surface area contributed by atoms with Gasteiger partial charge in [-0.25, -0.2) is 0 Å². The van der Waals surface area contributed by atoms with E-state index in [1.165, 1.54) is 44.6 Å². The van der Waals surface area contributed by atoms with Crippen LogP contribution in [0.5, 0.6) is 17.2 Å². The number of hydrogen-bond donors (Lipinski definition) is 2. The highest BCUT2D eigenvalue weighted by Gasteiger charge is 2.16. The van der Waals surface area contributed by atoms with Gasteiger partial charge < -0.3 is 19.7 Å². The second-order valence-electron chi connectivity index (χ2n) is 4.62. The number of phenols is 1. The number of rotatable bonds is 6. The van der Waals surface area contributed by atoms with Gasteiger partial charge in [-0.15, -0.1) is 10.2 Å². The van der Waals surface area contributed by atoms with Crippen molar-refractivity contribution in [2.45, 2.75) is 6.61 Å². The minimum Gasteiger partial charge on any atom is -0.505 e. The Bertz CT molecular complexity index is 791. The van der Waals surface area contributed by atoms with Crippen LogP contribution >= 0.6 is 0 Å². The van der Waals surface area contributed by atoms with Crippen molar-refractivity contribution in [3.05, 3.63) is 46.0 Å². The van der Waals surface area contributed by atoms with E-state index in [2.05, 4.69) is 10.2 Å². The number of nitrogens with zero attached hydrogens (tertiary/aromatic N) is 3. The van der Waals surface area contributed by atoms with Crippen LogP contribution in [0.25, 0.3) is 0 Å². The molecule has 0 fully saturated rings. The third-order valence-electron chi connectivity index (χ3n) is 3.19. The Morgan fingerprint density at radius 2 is 1.75 bits per heavy atom. The molecule has 0 spiro atoms. The number of nitro groups is 1. The summed E-state index contributed by atoms with van der Waals surface area (Å²) >= 11 is 0. The highest BCUT2D eigenvalue weighted by Crippen LogP contribution is 2.38. The molecule has 2 N–H and O–H groups in total. The first-order chi connectivity index (χ1) is 11.5. The Hall–Kier alpha value is -3.20. The quantitative estimate of drug-likeness (QED) is 0.474. The fourth-order valence-electron chi connectivity index (χ4n) is 1.93. The molecule has 0 heterocycles. The summed E-state index contributed by atoms with van der Waals surface area (Å²) in [5.41, 5.74) is -0.0764. The molecule has 0 aromatic heterocycles. The van der Waals surface area contributed by atoms with Crippen molar-refractivity contribution in [3.63, 3.8) is 0 Å². The van der Waals surface area contributed by atoms with Gasteiger partial charge in [-0.1, -0.05) is 0 Å². The minimum absolute atomic E-state index is 0.00596. The maximum Gasteiger partial charge on any atom is 0.300 e. The topological polar surface area (TPSA) is 127 Å². The Balaban J connectivity index is 2.46. The summed E-state index contributed by atoms with van der Waals surface area (Å²) in [5, 5.41) is 38.0. The average molecular weight is 333 g/mol. The van der Waals surface area contributed by atoms with Crippen molar-refractivity contribution in [2.24, 2.45) is 10.2 Å². The van der Waals surface area contributed by atoms with Crippen LogP contribution in [0.1, 0.15) is 5.56 Å². The molecule has 0 saturated carbocycles. The second kappa shape index (κ2) is 7.38. The van der Waals surface area contributed by atoms with Crippen LogP contribution in [0.3, 0.4) is 0 Å². The van der Waals surface area contributed by atoms with Gasteiger partial charge >= 0.3 is 0 Å². The molecule has 0 bridgehead atoms. The van der Waals surface area contributed by atoms with Gasteiger partial charge in [0.2, 0.25) is 0 Å². The molecule has 2 rings (SSSR count). The molecule has 0 radical (unpaired) electrons. The number of ether oxygens (including phenoxy) is 2. The van der Waals surface area contributed by atoms with Crippen LogP contribution in [0.2, 0.25) is 0 Å². The zero-order chi connectivity index (χ0) is 17.7. The number of aliphatic hydroxyl groups excluding tert-OH is 1. The lowest BCUT2D eigenvalue weighted by atomic mass is 10.1. The minimum atomic E-state index is -0.610. The predicted molar refractivity (Wildman–Crippen MR) is 84.4 cm³/mol. The summed E-state index contributed by atoms with van der Waals surface area (Å²) in [7, 11) is 2.81. The third-order valence-corrected chi connectivity index (χ3v) is 3.19. The van der Waals surface area contributed by atoms with Gasteiger partial charge in [-0.05, 0) is 18.2 Å². The highest BCUT2D eigenvalue weighted by atomic mass is 16.6. The largest absolute Gasteiger partial charge is 0.505 e. The summed E-state index contributed by atoms with van der Waals surface area (Å²) in [5.74, 6) is 0.390. The lowest BCUT2D eigenvalue weighted by Crippen LogP contribution is -1.90. The lowest BCUT2D eigenvalue weighted by molar-refractivity contribution is -0.384. The Morgan fingerprint density at radius 1 is 1.08 bits per heavy atom. The molecular formula is C15H15N3O6. The SMILES string of the molecule is COc1cc(CO)c(O)c(/N=N/c2ccc(OC)cc2[N+](=O)[O-])c1. The summed E-state index contributed by atoms with van der Waals surface area (Å²) in [6.07, 6.45) is 0. The zero-order valence-corrected chi connectivity index (χ0v) is 13.0. The number of aliphatic hydroxyl groups is 1. The van der Waals surface area contributed by atoms with Crippen LogP contribution in [0.4, 0.5) is 17.1 Å².